The predicted octanol–water partition coefficient (Wildman–Crippen LogP) is 2.86. The van der Waals surface area contributed by atoms with Gasteiger partial charge in [-0.25, -0.2) is 10.8 Å². The average Bonchev–Trinajstić information content (AvgIpc) is 3.01. The van der Waals surface area contributed by atoms with Crippen molar-refractivity contribution >= 4 is 45.0 Å². The summed E-state index contributed by atoms with van der Waals surface area (Å²) in [6.45, 7) is 0. The van der Waals surface area contributed by atoms with E-state index in [-0.39, 0.29) is 5.91 Å². The summed E-state index contributed by atoms with van der Waals surface area (Å²) in [4.78, 5) is 18.1. The number of nitrogens with zero attached hydrogens (tertiary/aromatic N) is 2. The van der Waals surface area contributed by atoms with Crippen molar-refractivity contribution in [2.75, 3.05) is 24.5 Å². The van der Waals surface area contributed by atoms with Gasteiger partial charge in [0.2, 0.25) is 0 Å². The highest BCUT2D eigenvalue weighted by Crippen LogP contribution is 2.35. The van der Waals surface area contributed by atoms with Crippen LogP contribution in [0.3, 0.4) is 0 Å². The highest BCUT2D eigenvalue weighted by molar-refractivity contribution is 7.21. The Labute approximate surface area is 148 Å². The normalized spacial score (nSPS) is 10.5. The highest BCUT2D eigenvalue weighted by atomic mass is 32.1. The van der Waals surface area contributed by atoms with Gasteiger partial charge in [0.25, 0.3) is 5.91 Å². The van der Waals surface area contributed by atoms with E-state index in [1.54, 1.807) is 50.7 Å². The molecule has 1 aromatic carbocycles. The zero-order valence-corrected chi connectivity index (χ0v) is 14.6. The van der Waals surface area contributed by atoms with Crippen LogP contribution in [0.15, 0.2) is 36.5 Å². The first kappa shape index (κ1) is 16.9. The molecule has 2 heterocycles. The summed E-state index contributed by atoms with van der Waals surface area (Å²) < 4.78 is 5.11. The Morgan fingerprint density at radius 2 is 2.08 bits per heavy atom. The van der Waals surface area contributed by atoms with Crippen LogP contribution >= 0.6 is 11.3 Å². The average molecular weight is 355 g/mol. The Hall–Kier alpha value is -2.97. The van der Waals surface area contributed by atoms with Crippen molar-refractivity contribution in [2.24, 2.45) is 5.84 Å². The van der Waals surface area contributed by atoms with Gasteiger partial charge in [-0.05, 0) is 30.3 Å². The second-order valence-corrected chi connectivity index (χ2v) is 6.29. The van der Waals surface area contributed by atoms with Crippen LogP contribution in [0.25, 0.3) is 10.2 Å². The van der Waals surface area contributed by atoms with Gasteiger partial charge >= 0.3 is 0 Å². The Bertz CT molecular complexity index is 934. The van der Waals surface area contributed by atoms with Gasteiger partial charge in [0.1, 0.15) is 15.5 Å². The molecule has 3 rings (SSSR count). The lowest BCUT2D eigenvalue weighted by molar-refractivity contribution is 0.103. The lowest BCUT2D eigenvalue weighted by Gasteiger charge is -2.13. The zero-order valence-electron chi connectivity index (χ0n) is 13.7. The third kappa shape index (κ3) is 3.17. The van der Waals surface area contributed by atoms with Crippen molar-refractivity contribution < 1.29 is 9.53 Å². The number of hydrogen-bond acceptors (Lipinski definition) is 7. The molecule has 7 nitrogen and oxygen atoms in total. The van der Waals surface area contributed by atoms with E-state index >= 15 is 0 Å². The number of amides is 1. The molecule has 2 aromatic heterocycles. The van der Waals surface area contributed by atoms with Gasteiger partial charge in [-0.1, -0.05) is 0 Å². The van der Waals surface area contributed by atoms with Crippen LogP contribution in [0.2, 0.25) is 0 Å². The van der Waals surface area contributed by atoms with Crippen molar-refractivity contribution in [1.29, 1.82) is 5.41 Å². The number of benzene rings is 1. The van der Waals surface area contributed by atoms with Gasteiger partial charge in [0.05, 0.1) is 12.8 Å². The van der Waals surface area contributed by atoms with Crippen LogP contribution < -0.4 is 20.9 Å². The molecule has 128 valence electrons. The fourth-order valence-electron chi connectivity index (χ4n) is 2.49. The van der Waals surface area contributed by atoms with Crippen molar-refractivity contribution in [3.63, 3.8) is 0 Å². The number of carbonyl (C=O) groups excluding carboxylic acids is 1. The van der Waals surface area contributed by atoms with E-state index in [2.05, 4.69) is 10.3 Å². The lowest BCUT2D eigenvalue weighted by Crippen LogP contribution is -2.25. The van der Waals surface area contributed by atoms with Crippen LogP contribution in [-0.2, 0) is 0 Å². The lowest BCUT2D eigenvalue weighted by atomic mass is 10.1. The van der Waals surface area contributed by atoms with Gasteiger partial charge in [0.15, 0.2) is 0 Å². The largest absolute Gasteiger partial charge is 0.497 e. The van der Waals surface area contributed by atoms with Gasteiger partial charge < -0.3 is 20.5 Å². The molecular weight excluding hydrogens is 338 g/mol. The molecule has 8 heteroatoms. The molecule has 1 amide bonds. The fraction of sp³-hybridized carbons (Fsp3) is 0.118. The monoisotopic (exact) mass is 355 g/mol. The first-order valence-electron chi connectivity index (χ1n) is 7.41. The number of fused-ring (bicyclic) bond motifs is 1. The van der Waals surface area contributed by atoms with Crippen LogP contribution in [0.5, 0.6) is 5.75 Å². The molecule has 25 heavy (non-hydrogen) atoms. The Kier molecular flexibility index (Phi) is 4.64. The summed E-state index contributed by atoms with van der Waals surface area (Å²) in [5.74, 6) is 6.28. The summed E-state index contributed by atoms with van der Waals surface area (Å²) in [5, 5.41) is 12.7. The van der Waals surface area contributed by atoms with Crippen molar-refractivity contribution in [3.05, 3.63) is 47.0 Å². The van der Waals surface area contributed by atoms with Crippen molar-refractivity contribution in [1.82, 2.24) is 4.98 Å². The number of anilines is 2. The minimum absolute atomic E-state index is 0.294. The molecular formula is C17H17N5O2S. The zero-order chi connectivity index (χ0) is 18.0. The molecule has 0 bridgehead atoms. The third-order valence-corrected chi connectivity index (χ3v) is 4.80. The van der Waals surface area contributed by atoms with Crippen molar-refractivity contribution in [3.8, 4) is 5.75 Å². The molecule has 0 saturated heterocycles. The van der Waals surface area contributed by atoms with E-state index in [0.717, 1.165) is 6.21 Å². The van der Waals surface area contributed by atoms with Gasteiger partial charge in [-0.3, -0.25) is 4.79 Å². The maximum Gasteiger partial charge on any atom is 0.266 e. The van der Waals surface area contributed by atoms with Gasteiger partial charge in [-0.2, -0.15) is 0 Å². The molecule has 0 aliphatic heterocycles. The molecule has 4 N–H and O–H groups in total. The van der Waals surface area contributed by atoms with Gasteiger partial charge in [0, 0.05) is 36.1 Å². The van der Waals surface area contributed by atoms with E-state index < -0.39 is 0 Å². The number of carbonyl (C=O) groups is 1. The van der Waals surface area contributed by atoms with Crippen LogP contribution in [0, 0.1) is 5.41 Å². The molecule has 0 saturated carbocycles. The standard InChI is InChI=1S/C17H17N5O2S/c1-22(19)13-7-8-20-17-14(13)12(9-18)15(25-17)16(23)21-10-3-5-11(24-2)6-4-10/h3-9,18H,19H2,1-2H3,(H,21,23). The molecule has 0 unspecified atom stereocenters. The van der Waals surface area contributed by atoms with Crippen molar-refractivity contribution in [2.45, 2.75) is 0 Å². The molecule has 0 fully saturated rings. The summed E-state index contributed by atoms with van der Waals surface area (Å²) in [6, 6.07) is 8.80. The molecule has 3 aromatic rings. The maximum absolute atomic E-state index is 12.7. The summed E-state index contributed by atoms with van der Waals surface area (Å²) in [6.07, 6.45) is 2.80. The number of thiophene rings is 1. The van der Waals surface area contributed by atoms with Crippen LogP contribution in [0.1, 0.15) is 15.2 Å². The molecule has 0 radical (unpaired) electrons. The summed E-state index contributed by atoms with van der Waals surface area (Å²) >= 11 is 1.23. The molecule has 0 aliphatic rings. The second kappa shape index (κ2) is 6.88. The number of ether oxygens (including phenoxy) is 1. The highest BCUT2D eigenvalue weighted by Gasteiger charge is 2.21. The van der Waals surface area contributed by atoms with E-state index in [9.17, 15) is 4.79 Å². The second-order valence-electron chi connectivity index (χ2n) is 5.29. The smallest absolute Gasteiger partial charge is 0.266 e. The SMILES string of the molecule is COc1ccc(NC(=O)c2sc3nccc(N(C)N)c3c2C=N)cc1. The van der Waals surface area contributed by atoms with E-state index in [1.807, 2.05) is 0 Å². The third-order valence-electron chi connectivity index (χ3n) is 3.69. The van der Waals surface area contributed by atoms with E-state index in [4.69, 9.17) is 16.0 Å². The first-order valence-corrected chi connectivity index (χ1v) is 8.22. The number of methoxy groups -OCH3 is 1. The van der Waals surface area contributed by atoms with E-state index in [1.165, 1.54) is 16.3 Å². The number of nitrogens with one attached hydrogen (secondary N) is 2. The number of nitrogens with two attached hydrogens (primary N) is 1. The minimum atomic E-state index is -0.294. The topological polar surface area (TPSA) is 104 Å². The van der Waals surface area contributed by atoms with E-state index in [0.29, 0.717) is 37.8 Å². The van der Waals surface area contributed by atoms with Gasteiger partial charge in [-0.15, -0.1) is 11.3 Å². The Morgan fingerprint density at radius 3 is 2.68 bits per heavy atom. The number of hydrazine groups is 1. The van der Waals surface area contributed by atoms with Crippen LogP contribution in [0.4, 0.5) is 11.4 Å². The predicted molar refractivity (Wildman–Crippen MR) is 101 cm³/mol. The number of hydrogen-bond donors (Lipinski definition) is 3. The Balaban J connectivity index is 2.01. The first-order chi connectivity index (χ1) is 12.0. The molecule has 0 spiro atoms. The quantitative estimate of drug-likeness (QED) is 0.371. The van der Waals surface area contributed by atoms with Crippen LogP contribution in [-0.4, -0.2) is 31.3 Å². The summed E-state index contributed by atoms with van der Waals surface area (Å²) in [5.41, 5.74) is 1.86. The number of rotatable bonds is 5. The Morgan fingerprint density at radius 1 is 1.36 bits per heavy atom. The number of pyridine rings is 1. The fourth-order valence-corrected chi connectivity index (χ4v) is 3.53. The number of aromatic nitrogens is 1. The summed E-state index contributed by atoms with van der Waals surface area (Å²) in [7, 11) is 3.29. The minimum Gasteiger partial charge on any atom is -0.497 e. The molecule has 0 atom stereocenters. The maximum atomic E-state index is 12.7. The molecule has 0 aliphatic carbocycles.